The molecule has 2 fully saturated rings. The van der Waals surface area contributed by atoms with Crippen molar-refractivity contribution < 1.29 is 12.8 Å². The van der Waals surface area contributed by atoms with E-state index in [2.05, 4.69) is 17.1 Å². The van der Waals surface area contributed by atoms with E-state index in [1.807, 2.05) is 30.3 Å². The molecule has 7 nitrogen and oxygen atoms in total. The van der Waals surface area contributed by atoms with Crippen LogP contribution in [0.25, 0.3) is 11.5 Å². The van der Waals surface area contributed by atoms with Crippen LogP contribution in [0.2, 0.25) is 0 Å². The third-order valence-electron chi connectivity index (χ3n) is 6.21. The highest BCUT2D eigenvalue weighted by atomic mass is 32.2. The van der Waals surface area contributed by atoms with Gasteiger partial charge in [0, 0.05) is 38.2 Å². The van der Waals surface area contributed by atoms with Crippen LogP contribution in [0.1, 0.15) is 50.8 Å². The van der Waals surface area contributed by atoms with E-state index >= 15 is 0 Å². The minimum Gasteiger partial charge on any atom is -0.420 e. The van der Waals surface area contributed by atoms with Gasteiger partial charge in [0.15, 0.2) is 0 Å². The topological polar surface area (TPSA) is 79.5 Å². The van der Waals surface area contributed by atoms with Crippen LogP contribution in [0.15, 0.2) is 34.7 Å². The first-order valence-corrected chi connectivity index (χ1v) is 11.5. The summed E-state index contributed by atoms with van der Waals surface area (Å²) in [7, 11) is -1.68. The molecule has 2 heterocycles. The summed E-state index contributed by atoms with van der Waals surface area (Å²) in [5, 5.41) is 8.48. The van der Waals surface area contributed by atoms with E-state index in [1.165, 1.54) is 4.31 Å². The Bertz CT molecular complexity index is 905. The van der Waals surface area contributed by atoms with E-state index in [1.54, 1.807) is 11.4 Å². The number of unbranched alkanes of at least 4 members (excludes halogenated alkanes) is 1. The molecular formula is C20H28N4O3S. The molecule has 0 N–H and O–H groups in total. The molecule has 28 heavy (non-hydrogen) atoms. The van der Waals surface area contributed by atoms with E-state index in [9.17, 15) is 8.42 Å². The van der Waals surface area contributed by atoms with Gasteiger partial charge in [-0.1, -0.05) is 31.5 Å². The van der Waals surface area contributed by atoms with Gasteiger partial charge in [0.2, 0.25) is 11.8 Å². The fourth-order valence-corrected chi connectivity index (χ4v) is 5.58. The van der Waals surface area contributed by atoms with Crippen molar-refractivity contribution in [3.63, 3.8) is 0 Å². The fraction of sp³-hybridized carbons (Fsp3) is 0.600. The number of piperidine rings is 1. The highest BCUT2D eigenvalue weighted by molar-refractivity contribution is 7.86. The molecule has 152 valence electrons. The summed E-state index contributed by atoms with van der Waals surface area (Å²) in [4.78, 5) is 0. The van der Waals surface area contributed by atoms with Gasteiger partial charge in [-0.2, -0.15) is 17.0 Å². The maximum absolute atomic E-state index is 12.7. The third-order valence-corrected chi connectivity index (χ3v) is 8.20. The first kappa shape index (κ1) is 19.5. The molecule has 1 unspecified atom stereocenters. The van der Waals surface area contributed by atoms with Crippen LogP contribution in [0.4, 0.5) is 0 Å². The molecular weight excluding hydrogens is 376 g/mol. The van der Waals surface area contributed by atoms with Crippen molar-refractivity contribution in [3.8, 4) is 11.5 Å². The molecule has 1 aromatic carbocycles. The molecule has 0 bridgehead atoms. The van der Waals surface area contributed by atoms with Gasteiger partial charge in [-0.25, -0.2) is 0 Å². The Morgan fingerprint density at radius 1 is 1.21 bits per heavy atom. The average molecular weight is 405 g/mol. The zero-order chi connectivity index (χ0) is 19.8. The van der Waals surface area contributed by atoms with Gasteiger partial charge < -0.3 is 4.42 Å². The van der Waals surface area contributed by atoms with Crippen molar-refractivity contribution in [1.82, 2.24) is 18.8 Å². The Hall–Kier alpha value is -1.77. The normalized spacial score (nSPS) is 22.0. The van der Waals surface area contributed by atoms with Gasteiger partial charge in [0.1, 0.15) is 0 Å². The molecule has 1 aliphatic heterocycles. The van der Waals surface area contributed by atoms with E-state index < -0.39 is 10.2 Å². The molecule has 0 radical (unpaired) electrons. The van der Waals surface area contributed by atoms with Gasteiger partial charge >= 0.3 is 0 Å². The fourth-order valence-electron chi connectivity index (χ4n) is 4.18. The van der Waals surface area contributed by atoms with Gasteiger partial charge in [-0.05, 0) is 43.2 Å². The van der Waals surface area contributed by atoms with Crippen LogP contribution < -0.4 is 0 Å². The van der Waals surface area contributed by atoms with Crippen molar-refractivity contribution >= 4 is 10.2 Å². The molecule has 0 amide bonds. The predicted molar refractivity (Wildman–Crippen MR) is 107 cm³/mol. The second-order valence-electron chi connectivity index (χ2n) is 8.01. The third kappa shape index (κ3) is 3.60. The lowest BCUT2D eigenvalue weighted by Gasteiger charge is -2.34. The zero-order valence-electron chi connectivity index (χ0n) is 16.5. The summed E-state index contributed by atoms with van der Waals surface area (Å²) in [6.07, 6.45) is 4.57. The Morgan fingerprint density at radius 2 is 1.93 bits per heavy atom. The van der Waals surface area contributed by atoms with Crippen LogP contribution in [-0.2, 0) is 10.2 Å². The second-order valence-corrected chi connectivity index (χ2v) is 10.0. The van der Waals surface area contributed by atoms with Crippen molar-refractivity contribution in [2.75, 3.05) is 26.7 Å². The van der Waals surface area contributed by atoms with E-state index in [0.717, 1.165) is 37.7 Å². The van der Waals surface area contributed by atoms with Gasteiger partial charge in [-0.15, -0.1) is 10.2 Å². The largest absolute Gasteiger partial charge is 0.420 e. The minimum absolute atomic E-state index is 0.120. The van der Waals surface area contributed by atoms with Gasteiger partial charge in [0.05, 0.1) is 0 Å². The summed E-state index contributed by atoms with van der Waals surface area (Å²) in [5.74, 6) is 1.49. The lowest BCUT2D eigenvalue weighted by Crippen LogP contribution is -2.46. The summed E-state index contributed by atoms with van der Waals surface area (Å²) in [6.45, 7) is 3.77. The average Bonchev–Trinajstić information content (AvgIpc) is 3.18. The van der Waals surface area contributed by atoms with E-state index in [4.69, 9.17) is 4.42 Å². The highest BCUT2D eigenvalue weighted by Gasteiger charge is 2.59. The first-order chi connectivity index (χ1) is 13.5. The monoisotopic (exact) mass is 404 g/mol. The van der Waals surface area contributed by atoms with Crippen molar-refractivity contribution in [2.24, 2.45) is 5.41 Å². The van der Waals surface area contributed by atoms with Crippen molar-refractivity contribution in [3.05, 3.63) is 36.2 Å². The summed E-state index contributed by atoms with van der Waals surface area (Å²) in [5.41, 5.74) is 1.04. The number of benzene rings is 1. The molecule has 2 aromatic rings. The van der Waals surface area contributed by atoms with Crippen LogP contribution in [0.5, 0.6) is 0 Å². The zero-order valence-corrected chi connectivity index (χ0v) is 17.4. The molecule has 1 saturated carbocycles. The number of hydrogen-bond donors (Lipinski definition) is 0. The van der Waals surface area contributed by atoms with Crippen LogP contribution in [-0.4, -0.2) is 53.9 Å². The maximum Gasteiger partial charge on any atom is 0.281 e. The number of aromatic nitrogens is 2. The molecule has 4 rings (SSSR count). The number of nitrogens with zero attached hydrogens (tertiary/aromatic N) is 4. The lowest BCUT2D eigenvalue weighted by molar-refractivity contribution is 0.234. The highest BCUT2D eigenvalue weighted by Crippen LogP contribution is 2.64. The smallest absolute Gasteiger partial charge is 0.281 e. The van der Waals surface area contributed by atoms with E-state index in [0.29, 0.717) is 31.4 Å². The van der Waals surface area contributed by atoms with Crippen LogP contribution in [0.3, 0.4) is 0 Å². The summed E-state index contributed by atoms with van der Waals surface area (Å²) in [6, 6.07) is 9.77. The molecule has 1 aromatic heterocycles. The molecule has 1 saturated heterocycles. The predicted octanol–water partition coefficient (Wildman–Crippen LogP) is 3.28. The van der Waals surface area contributed by atoms with Gasteiger partial charge in [-0.3, -0.25) is 0 Å². The van der Waals surface area contributed by atoms with Crippen LogP contribution >= 0.6 is 0 Å². The molecule has 1 atom stereocenters. The molecule has 1 aliphatic carbocycles. The molecule has 2 aliphatic rings. The Morgan fingerprint density at radius 3 is 2.61 bits per heavy atom. The quantitative estimate of drug-likeness (QED) is 0.707. The molecule has 8 heteroatoms. The molecule has 1 spiro atoms. The lowest BCUT2D eigenvalue weighted by atomic mass is 9.92. The standard InChI is InChI=1S/C20H28N4O3S/c1-3-4-12-23(2)28(25,26)24-13-10-20(11-14-24)15-17(20)19-22-21-18(27-19)16-8-6-5-7-9-16/h5-9,17H,3-4,10-15H2,1-2H3. The SMILES string of the molecule is CCCCN(C)S(=O)(=O)N1CCC2(CC1)CC2c1nnc(-c2ccccc2)o1. The van der Waals surface area contributed by atoms with E-state index in [-0.39, 0.29) is 11.3 Å². The Labute approximate surface area is 166 Å². The Balaban J connectivity index is 1.38. The summed E-state index contributed by atoms with van der Waals surface area (Å²) >= 11 is 0. The number of rotatable bonds is 7. The second kappa shape index (κ2) is 7.57. The maximum atomic E-state index is 12.7. The number of hydrogen-bond acceptors (Lipinski definition) is 5. The summed E-state index contributed by atoms with van der Waals surface area (Å²) < 4.78 is 34.5. The van der Waals surface area contributed by atoms with Gasteiger partial charge in [0.25, 0.3) is 10.2 Å². The first-order valence-electron chi connectivity index (χ1n) is 10.1. The van der Waals surface area contributed by atoms with Crippen molar-refractivity contribution in [2.45, 2.75) is 44.9 Å². The Kier molecular flexibility index (Phi) is 5.28. The minimum atomic E-state index is -3.36. The van der Waals surface area contributed by atoms with Crippen molar-refractivity contribution in [1.29, 1.82) is 0 Å². The van der Waals surface area contributed by atoms with Crippen LogP contribution in [0, 0.1) is 5.41 Å².